The molecular weight excluding hydrogens is 336 g/mol. The number of hydrogen-bond acceptors (Lipinski definition) is 4. The summed E-state index contributed by atoms with van der Waals surface area (Å²) in [6.07, 6.45) is 0.875. The van der Waals surface area contributed by atoms with Crippen LogP contribution in [0.4, 0.5) is 0 Å². The summed E-state index contributed by atoms with van der Waals surface area (Å²) in [5.74, 6) is -0.904. The maximum atomic E-state index is 12.6. The number of thiophene rings is 1. The van der Waals surface area contributed by atoms with Crippen molar-refractivity contribution in [2.24, 2.45) is 5.73 Å². The van der Waals surface area contributed by atoms with Crippen LogP contribution in [0.25, 0.3) is 10.4 Å². The van der Waals surface area contributed by atoms with Gasteiger partial charge in [-0.25, -0.2) is 0 Å². The lowest BCUT2D eigenvalue weighted by atomic mass is 9.73. The van der Waals surface area contributed by atoms with E-state index in [1.54, 1.807) is 0 Å². The second-order valence-electron chi connectivity index (χ2n) is 6.96. The number of ether oxygens (including phenoxy) is 1. The number of methoxy groups -OCH3 is 1. The summed E-state index contributed by atoms with van der Waals surface area (Å²) < 4.78 is 4.94. The van der Waals surface area contributed by atoms with Gasteiger partial charge < -0.3 is 15.8 Å². The van der Waals surface area contributed by atoms with Crippen molar-refractivity contribution >= 4 is 23.2 Å². The third-order valence-electron chi connectivity index (χ3n) is 4.55. The zero-order chi connectivity index (χ0) is 18.2. The second kappa shape index (κ2) is 6.61. The van der Waals surface area contributed by atoms with Crippen LogP contribution in [0.5, 0.6) is 0 Å². The monoisotopic (exact) mass is 358 g/mol. The van der Waals surface area contributed by atoms with Crippen LogP contribution in [0.1, 0.15) is 34.6 Å². The molecule has 2 amide bonds. The van der Waals surface area contributed by atoms with E-state index in [4.69, 9.17) is 10.5 Å². The number of nitrogens with one attached hydrogen (secondary N) is 1. The van der Waals surface area contributed by atoms with Crippen LogP contribution in [0.15, 0.2) is 30.3 Å². The summed E-state index contributed by atoms with van der Waals surface area (Å²) in [4.78, 5) is 25.7. The van der Waals surface area contributed by atoms with Crippen LogP contribution in [-0.4, -0.2) is 31.6 Å². The Morgan fingerprint density at radius 1 is 1.36 bits per heavy atom. The third kappa shape index (κ3) is 3.32. The highest BCUT2D eigenvalue weighted by atomic mass is 32.1. The average Bonchev–Trinajstić information content (AvgIpc) is 2.97. The van der Waals surface area contributed by atoms with E-state index < -0.39 is 11.9 Å². The van der Waals surface area contributed by atoms with Crippen molar-refractivity contribution in [3.8, 4) is 10.4 Å². The minimum absolute atomic E-state index is 0.0181. The van der Waals surface area contributed by atoms with Crippen molar-refractivity contribution in [3.05, 3.63) is 46.3 Å². The number of amides is 2. The van der Waals surface area contributed by atoms with Gasteiger partial charge in [0.2, 0.25) is 5.91 Å². The van der Waals surface area contributed by atoms with Crippen LogP contribution in [-0.2, 0) is 21.4 Å². The first-order valence-corrected chi connectivity index (χ1v) is 8.97. The van der Waals surface area contributed by atoms with E-state index in [0.29, 0.717) is 4.88 Å². The van der Waals surface area contributed by atoms with E-state index in [1.807, 2.05) is 12.1 Å². The molecule has 1 aromatic heterocycles. The first-order chi connectivity index (χ1) is 11.8. The Morgan fingerprint density at radius 3 is 2.76 bits per heavy atom. The predicted molar refractivity (Wildman–Crippen MR) is 98.8 cm³/mol. The van der Waals surface area contributed by atoms with E-state index >= 15 is 0 Å². The molecule has 3 N–H and O–H groups in total. The molecule has 1 aliphatic carbocycles. The highest BCUT2D eigenvalue weighted by molar-refractivity contribution is 7.17. The molecule has 0 saturated carbocycles. The first kappa shape index (κ1) is 17.6. The minimum atomic E-state index is -0.833. The van der Waals surface area contributed by atoms with Gasteiger partial charge in [0.1, 0.15) is 6.04 Å². The number of carbonyl (C=O) groups is 2. The molecule has 6 heteroatoms. The molecule has 0 unspecified atom stereocenters. The van der Waals surface area contributed by atoms with Crippen molar-refractivity contribution in [2.45, 2.75) is 31.7 Å². The van der Waals surface area contributed by atoms with Gasteiger partial charge in [-0.1, -0.05) is 38.1 Å². The number of fused-ring (bicyclic) bond motifs is 3. The van der Waals surface area contributed by atoms with Crippen molar-refractivity contribution in [1.82, 2.24) is 5.32 Å². The third-order valence-corrected chi connectivity index (χ3v) is 5.76. The number of nitrogens with two attached hydrogens (primary N) is 1. The van der Waals surface area contributed by atoms with E-state index in [-0.39, 0.29) is 17.9 Å². The fourth-order valence-corrected chi connectivity index (χ4v) is 4.46. The lowest BCUT2D eigenvalue weighted by Crippen LogP contribution is -2.47. The fraction of sp³-hybridized carbons (Fsp3) is 0.368. The Balaban J connectivity index is 1.92. The Bertz CT molecular complexity index is 826. The summed E-state index contributed by atoms with van der Waals surface area (Å²) in [6.45, 7) is 4.49. The summed E-state index contributed by atoms with van der Waals surface area (Å²) in [7, 11) is 1.46. The zero-order valence-electron chi connectivity index (χ0n) is 14.6. The topological polar surface area (TPSA) is 81.4 Å². The largest absolute Gasteiger partial charge is 0.382 e. The molecule has 5 nitrogen and oxygen atoms in total. The van der Waals surface area contributed by atoms with Gasteiger partial charge in [0.05, 0.1) is 11.5 Å². The Labute approximate surface area is 151 Å². The minimum Gasteiger partial charge on any atom is -0.382 e. The molecule has 1 heterocycles. The van der Waals surface area contributed by atoms with Gasteiger partial charge in [-0.15, -0.1) is 11.3 Å². The number of rotatable bonds is 5. The van der Waals surface area contributed by atoms with Gasteiger partial charge in [-0.05, 0) is 34.6 Å². The summed E-state index contributed by atoms with van der Waals surface area (Å²) in [5, 5.41) is 2.66. The normalized spacial score (nSPS) is 15.8. The number of carbonyl (C=O) groups excluding carboxylic acids is 2. The molecule has 3 rings (SSSR count). The second-order valence-corrected chi connectivity index (χ2v) is 8.01. The Morgan fingerprint density at radius 2 is 2.08 bits per heavy atom. The van der Waals surface area contributed by atoms with Crippen LogP contribution >= 0.6 is 11.3 Å². The molecule has 0 spiro atoms. The van der Waals surface area contributed by atoms with Gasteiger partial charge in [0.15, 0.2) is 0 Å². The quantitative estimate of drug-likeness (QED) is 0.861. The number of hydrogen-bond donors (Lipinski definition) is 2. The van der Waals surface area contributed by atoms with E-state index in [9.17, 15) is 9.59 Å². The maximum Gasteiger partial charge on any atom is 0.262 e. The van der Waals surface area contributed by atoms with Gasteiger partial charge in [-0.3, -0.25) is 9.59 Å². The van der Waals surface area contributed by atoms with Crippen molar-refractivity contribution < 1.29 is 14.3 Å². The Hall–Kier alpha value is -2.18. The maximum absolute atomic E-state index is 12.6. The predicted octanol–water partition coefficient (Wildman–Crippen LogP) is 2.48. The van der Waals surface area contributed by atoms with Crippen molar-refractivity contribution in [1.29, 1.82) is 0 Å². The lowest BCUT2D eigenvalue weighted by molar-refractivity contribution is -0.121. The molecule has 0 bridgehead atoms. The van der Waals surface area contributed by atoms with Gasteiger partial charge in [0, 0.05) is 12.0 Å². The fourth-order valence-electron chi connectivity index (χ4n) is 3.33. The molecule has 0 saturated heterocycles. The van der Waals surface area contributed by atoms with Crippen LogP contribution in [0.3, 0.4) is 0 Å². The summed E-state index contributed by atoms with van der Waals surface area (Å²) in [6, 6.07) is 9.42. The molecule has 0 radical (unpaired) electrons. The van der Waals surface area contributed by atoms with Crippen molar-refractivity contribution in [3.63, 3.8) is 0 Å². The Kier molecular flexibility index (Phi) is 4.67. The van der Waals surface area contributed by atoms with E-state index in [1.165, 1.54) is 35.1 Å². The molecular formula is C19H22N2O3S. The van der Waals surface area contributed by atoms with Crippen LogP contribution < -0.4 is 11.1 Å². The molecule has 0 aliphatic heterocycles. The zero-order valence-corrected chi connectivity index (χ0v) is 15.4. The molecule has 2 aromatic rings. The highest BCUT2D eigenvalue weighted by Crippen LogP contribution is 2.46. The number of benzene rings is 1. The van der Waals surface area contributed by atoms with Crippen LogP contribution in [0.2, 0.25) is 0 Å². The van der Waals surface area contributed by atoms with Crippen molar-refractivity contribution in [2.75, 3.05) is 13.7 Å². The highest BCUT2D eigenvalue weighted by Gasteiger charge is 2.33. The molecule has 1 aliphatic rings. The first-order valence-electron chi connectivity index (χ1n) is 8.15. The average molecular weight is 358 g/mol. The van der Waals surface area contributed by atoms with E-state index in [2.05, 4.69) is 37.4 Å². The van der Waals surface area contributed by atoms with E-state index in [0.717, 1.165) is 11.3 Å². The SMILES string of the molecule is COC[C@@H](NC(=O)c1cc2c(s1)-c1ccccc1C(C)(C)C2)C(N)=O. The number of primary amides is 1. The molecule has 1 aromatic carbocycles. The molecule has 25 heavy (non-hydrogen) atoms. The standard InChI is InChI=1S/C19H22N2O3S/c1-19(2)9-11-8-15(18(23)21-14(10-24-3)17(20)22)25-16(11)12-6-4-5-7-13(12)19/h4-8,14H,9-10H2,1-3H3,(H2,20,22)(H,21,23)/t14-/m1/s1. The van der Waals surface area contributed by atoms with Crippen LogP contribution in [0, 0.1) is 0 Å². The molecule has 1 atom stereocenters. The smallest absolute Gasteiger partial charge is 0.262 e. The van der Waals surface area contributed by atoms with Gasteiger partial charge >= 0.3 is 0 Å². The van der Waals surface area contributed by atoms with Gasteiger partial charge in [-0.2, -0.15) is 0 Å². The van der Waals surface area contributed by atoms with Gasteiger partial charge in [0.25, 0.3) is 5.91 Å². The lowest BCUT2D eigenvalue weighted by Gasteiger charge is -2.32. The summed E-state index contributed by atoms with van der Waals surface area (Å²) >= 11 is 1.45. The molecule has 132 valence electrons. The molecule has 0 fully saturated rings. The summed E-state index contributed by atoms with van der Waals surface area (Å²) in [5.41, 5.74) is 8.98.